The summed E-state index contributed by atoms with van der Waals surface area (Å²) in [7, 11) is 0. The predicted molar refractivity (Wildman–Crippen MR) is 220 cm³/mol. The number of carbonyl (C=O) groups excluding carboxylic acids is 4. The molecular weight excluding hydrogens is 799 g/mol. The summed E-state index contributed by atoms with van der Waals surface area (Å²) in [4.78, 5) is 56.9. The van der Waals surface area contributed by atoms with Gasteiger partial charge in [-0.15, -0.1) is 0 Å². The normalized spacial score (nSPS) is 14.9. The number of amides is 4. The highest BCUT2D eigenvalue weighted by Gasteiger charge is 2.29. The Balaban J connectivity index is 1.57. The Morgan fingerprint density at radius 1 is 0.833 bits per heavy atom. The van der Waals surface area contributed by atoms with E-state index in [9.17, 15) is 19.2 Å². The maximum atomic E-state index is 13.8. The minimum Gasteiger partial charge on any atom is -0.444 e. The van der Waals surface area contributed by atoms with Crippen LogP contribution in [0, 0.1) is 9.75 Å². The third-order valence-corrected chi connectivity index (χ3v) is 10.2. The van der Waals surface area contributed by atoms with Crippen molar-refractivity contribution in [1.82, 2.24) is 30.8 Å². The van der Waals surface area contributed by atoms with E-state index in [-0.39, 0.29) is 24.8 Å². The lowest BCUT2D eigenvalue weighted by molar-refractivity contribution is -0.134. The van der Waals surface area contributed by atoms with E-state index in [1.807, 2.05) is 45.3 Å². The number of hydrogen-bond donors (Lipinski definition) is 4. The molecule has 1 saturated carbocycles. The summed E-state index contributed by atoms with van der Waals surface area (Å²) >= 11 is 2.24. The van der Waals surface area contributed by atoms with E-state index in [1.165, 1.54) is 37.7 Å². The molecule has 0 bridgehead atoms. The molecule has 4 amide bonds. The lowest BCUT2D eigenvalue weighted by Gasteiger charge is -2.27. The zero-order valence-corrected chi connectivity index (χ0v) is 35.6. The van der Waals surface area contributed by atoms with Crippen LogP contribution in [0.2, 0.25) is 0 Å². The Bertz CT molecular complexity index is 1450. The summed E-state index contributed by atoms with van der Waals surface area (Å²) in [5.74, 6) is -0.429. The number of ether oxygens (including phenoxy) is 2. The number of carbonyl (C=O) groups is 4. The average Bonchev–Trinajstić information content (AvgIpc) is 3.51. The highest BCUT2D eigenvalue weighted by Crippen LogP contribution is 2.25. The van der Waals surface area contributed by atoms with Gasteiger partial charge >= 0.3 is 6.09 Å². The fourth-order valence-electron chi connectivity index (χ4n) is 6.38. The molecule has 1 aromatic carbocycles. The monoisotopic (exact) mass is 864 g/mol. The number of alkyl carbamates (subject to hydrolysis) is 1. The average molecular weight is 865 g/mol. The minimum atomic E-state index is -0.999. The van der Waals surface area contributed by atoms with Gasteiger partial charge < -0.3 is 35.3 Å². The van der Waals surface area contributed by atoms with Gasteiger partial charge in [-0.3, -0.25) is 14.4 Å². The van der Waals surface area contributed by atoms with Crippen molar-refractivity contribution in [3.63, 3.8) is 0 Å². The smallest absolute Gasteiger partial charge is 0.407 e. The van der Waals surface area contributed by atoms with Gasteiger partial charge in [-0.1, -0.05) is 56.4 Å². The number of nitrogens with zero attached hydrogens (tertiary/aromatic N) is 2. The third-order valence-electron chi connectivity index (χ3n) is 9.30. The van der Waals surface area contributed by atoms with Crippen LogP contribution in [0.5, 0.6) is 0 Å². The van der Waals surface area contributed by atoms with Gasteiger partial charge in [0.15, 0.2) is 3.83 Å². The van der Waals surface area contributed by atoms with Crippen molar-refractivity contribution in [2.75, 3.05) is 19.7 Å². The molecule has 1 aliphatic rings. The summed E-state index contributed by atoms with van der Waals surface area (Å²) in [5.41, 5.74) is 0.908. The molecule has 1 aliphatic carbocycles. The summed E-state index contributed by atoms with van der Waals surface area (Å²) in [6.07, 6.45) is 15.0. The SMILES string of the molecule is CC(C)(C)OC[C@H](NC(=O)Cc1ccc(CCCCn2ccnc2I)cc1)C(=O)N[C@@H](CCCCNC(=O)OC(C)(C)C)C(=O)NCCC1CCCCC1. The van der Waals surface area contributed by atoms with Crippen LogP contribution in [-0.4, -0.2) is 76.3 Å². The van der Waals surface area contributed by atoms with Gasteiger partial charge in [0.1, 0.15) is 17.7 Å². The van der Waals surface area contributed by atoms with E-state index < -0.39 is 35.3 Å². The maximum Gasteiger partial charge on any atom is 0.407 e. The first kappa shape index (κ1) is 45.2. The van der Waals surface area contributed by atoms with Gasteiger partial charge in [0.25, 0.3) is 0 Å². The second-order valence-electron chi connectivity index (χ2n) is 16.5. The molecule has 1 aromatic heterocycles. The Morgan fingerprint density at radius 2 is 1.54 bits per heavy atom. The molecule has 4 N–H and O–H groups in total. The van der Waals surface area contributed by atoms with Crippen molar-refractivity contribution in [2.24, 2.45) is 5.92 Å². The number of imidazole rings is 1. The summed E-state index contributed by atoms with van der Waals surface area (Å²) in [6.45, 7) is 12.9. The van der Waals surface area contributed by atoms with Gasteiger partial charge in [-0.2, -0.15) is 0 Å². The second-order valence-corrected chi connectivity index (χ2v) is 17.4. The van der Waals surface area contributed by atoms with Crippen LogP contribution in [0.1, 0.15) is 123 Å². The van der Waals surface area contributed by atoms with Crippen molar-refractivity contribution < 1.29 is 28.7 Å². The molecule has 0 aliphatic heterocycles. The molecule has 54 heavy (non-hydrogen) atoms. The highest BCUT2D eigenvalue weighted by molar-refractivity contribution is 14.1. The van der Waals surface area contributed by atoms with Gasteiger partial charge in [-0.05, 0) is 126 Å². The van der Waals surface area contributed by atoms with E-state index in [2.05, 4.69) is 65.5 Å². The van der Waals surface area contributed by atoms with Gasteiger partial charge in [0, 0.05) is 32.0 Å². The van der Waals surface area contributed by atoms with Crippen molar-refractivity contribution in [2.45, 2.75) is 155 Å². The minimum absolute atomic E-state index is 0.0477. The summed E-state index contributed by atoms with van der Waals surface area (Å²) < 4.78 is 14.4. The highest BCUT2D eigenvalue weighted by atomic mass is 127. The van der Waals surface area contributed by atoms with E-state index >= 15 is 0 Å². The Kier molecular flexibility index (Phi) is 19.3. The van der Waals surface area contributed by atoms with Crippen LogP contribution in [0.15, 0.2) is 36.7 Å². The number of nitrogens with one attached hydrogen (secondary N) is 4. The van der Waals surface area contributed by atoms with E-state index in [4.69, 9.17) is 9.47 Å². The van der Waals surface area contributed by atoms with Crippen LogP contribution in [-0.2, 0) is 43.2 Å². The van der Waals surface area contributed by atoms with Crippen LogP contribution in [0.3, 0.4) is 0 Å². The predicted octanol–water partition coefficient (Wildman–Crippen LogP) is 6.62. The number of aromatic nitrogens is 2. The lowest BCUT2D eigenvalue weighted by Crippen LogP contribution is -2.56. The molecule has 3 rings (SSSR count). The molecule has 1 heterocycles. The van der Waals surface area contributed by atoms with Gasteiger partial charge in [-0.25, -0.2) is 9.78 Å². The molecule has 12 nitrogen and oxygen atoms in total. The van der Waals surface area contributed by atoms with Crippen LogP contribution >= 0.6 is 22.6 Å². The van der Waals surface area contributed by atoms with Crippen molar-refractivity contribution in [3.05, 3.63) is 51.6 Å². The first-order valence-corrected chi connectivity index (χ1v) is 20.9. The van der Waals surface area contributed by atoms with E-state index in [0.29, 0.717) is 38.3 Å². The molecule has 0 saturated heterocycles. The second kappa shape index (κ2) is 23.0. The van der Waals surface area contributed by atoms with Crippen LogP contribution < -0.4 is 21.3 Å². The molecule has 2 atom stereocenters. The topological polar surface area (TPSA) is 153 Å². The third kappa shape index (κ3) is 18.9. The Hall–Kier alpha value is -3.20. The molecule has 302 valence electrons. The first-order chi connectivity index (χ1) is 25.6. The Labute approximate surface area is 336 Å². The number of benzene rings is 1. The van der Waals surface area contributed by atoms with Gasteiger partial charge in [0.05, 0.1) is 18.6 Å². The molecule has 0 radical (unpaired) electrons. The Morgan fingerprint density at radius 3 is 2.19 bits per heavy atom. The van der Waals surface area contributed by atoms with Crippen LogP contribution in [0.4, 0.5) is 4.79 Å². The molecule has 1 fully saturated rings. The zero-order valence-electron chi connectivity index (χ0n) is 33.4. The van der Waals surface area contributed by atoms with Crippen molar-refractivity contribution in [3.8, 4) is 0 Å². The van der Waals surface area contributed by atoms with E-state index in [1.54, 1.807) is 20.8 Å². The number of aryl methyl sites for hydroxylation is 2. The summed E-state index contributed by atoms with van der Waals surface area (Å²) in [6, 6.07) is 6.21. The lowest BCUT2D eigenvalue weighted by atomic mass is 9.87. The standard InChI is InChI=1S/C41H65IN6O6/c1-40(2,3)53-29-34(46-35(49)28-32-20-18-31(19-21-32)16-11-13-26-48-27-25-44-38(48)42)37(51)47-33(17-10-12-23-45-39(52)54-41(4,5)6)36(50)43-24-22-30-14-8-7-9-15-30/h18-21,25,27,30,33-34H,7-17,22-24,26,28-29H2,1-6H3,(H,43,50)(H,45,52)(H,46,49)(H,47,51)/t33-,34-/m0/s1. The first-order valence-electron chi connectivity index (χ1n) is 19.8. The number of halogens is 1. The number of unbranched alkanes of at least 4 members (excludes halogenated alkanes) is 2. The molecule has 0 unspecified atom stereocenters. The van der Waals surface area contributed by atoms with Crippen molar-refractivity contribution >= 4 is 46.4 Å². The molecule has 2 aromatic rings. The van der Waals surface area contributed by atoms with E-state index in [0.717, 1.165) is 41.6 Å². The maximum absolute atomic E-state index is 13.8. The quantitative estimate of drug-likeness (QED) is 0.0814. The van der Waals surface area contributed by atoms with Crippen LogP contribution in [0.25, 0.3) is 0 Å². The largest absolute Gasteiger partial charge is 0.444 e. The van der Waals surface area contributed by atoms with Gasteiger partial charge in [0.2, 0.25) is 17.7 Å². The fourth-order valence-corrected chi connectivity index (χ4v) is 6.94. The number of hydrogen-bond acceptors (Lipinski definition) is 7. The fraction of sp³-hybridized carbons (Fsp3) is 0.683. The molecular formula is C41H65IN6O6. The number of rotatable bonds is 21. The molecule has 0 spiro atoms. The van der Waals surface area contributed by atoms with Crippen molar-refractivity contribution in [1.29, 1.82) is 0 Å². The molecule has 13 heteroatoms. The zero-order chi connectivity index (χ0) is 39.6. The summed E-state index contributed by atoms with van der Waals surface area (Å²) in [5, 5.41) is 11.6.